The van der Waals surface area contributed by atoms with E-state index in [1.165, 1.54) is 22.2 Å². The minimum absolute atomic E-state index is 0.164. The smallest absolute Gasteiger partial charge is 0.285 e. The van der Waals surface area contributed by atoms with Crippen molar-refractivity contribution in [2.75, 3.05) is 18.8 Å². The number of fused-ring (bicyclic) bond motifs is 3. The van der Waals surface area contributed by atoms with Gasteiger partial charge in [-0.2, -0.15) is 0 Å². The van der Waals surface area contributed by atoms with Crippen LogP contribution in [0.5, 0.6) is 0 Å². The first-order valence-electron chi connectivity index (χ1n) is 8.73. The fourth-order valence-corrected chi connectivity index (χ4v) is 4.90. The van der Waals surface area contributed by atoms with Crippen LogP contribution in [-0.2, 0) is 13.1 Å². The Morgan fingerprint density at radius 2 is 2.12 bits per heavy atom. The summed E-state index contributed by atoms with van der Waals surface area (Å²) in [5.74, 6) is 2.25. The summed E-state index contributed by atoms with van der Waals surface area (Å²) in [5.41, 5.74) is 3.48. The highest BCUT2D eigenvalue weighted by molar-refractivity contribution is 8.03. The summed E-state index contributed by atoms with van der Waals surface area (Å²) in [6, 6.07) is 5.13. The van der Waals surface area contributed by atoms with Gasteiger partial charge in [0.2, 0.25) is 0 Å². The molecule has 2 aliphatic heterocycles. The first-order valence-corrected chi connectivity index (χ1v) is 9.72. The molecule has 2 aromatic rings. The maximum Gasteiger partial charge on any atom is 0.285 e. The van der Waals surface area contributed by atoms with E-state index in [4.69, 9.17) is 0 Å². The molecule has 126 valence electrons. The van der Waals surface area contributed by atoms with Crippen molar-refractivity contribution in [2.45, 2.75) is 33.4 Å². The van der Waals surface area contributed by atoms with Crippen LogP contribution in [-0.4, -0.2) is 28.3 Å². The van der Waals surface area contributed by atoms with Crippen LogP contribution >= 0.6 is 11.8 Å². The van der Waals surface area contributed by atoms with Gasteiger partial charge in [0.25, 0.3) is 5.82 Å². The predicted molar refractivity (Wildman–Crippen MR) is 98.1 cm³/mol. The van der Waals surface area contributed by atoms with E-state index >= 15 is 0 Å². The van der Waals surface area contributed by atoms with Crippen LogP contribution in [0.3, 0.4) is 0 Å². The van der Waals surface area contributed by atoms with Crippen LogP contribution in [0.4, 0.5) is 4.39 Å². The lowest BCUT2D eigenvalue weighted by atomic mass is 10.2. The van der Waals surface area contributed by atoms with Crippen molar-refractivity contribution in [2.24, 2.45) is 0 Å². The number of benzene rings is 1. The van der Waals surface area contributed by atoms with E-state index in [-0.39, 0.29) is 5.82 Å². The zero-order valence-electron chi connectivity index (χ0n) is 14.3. The maximum atomic E-state index is 13.7. The van der Waals surface area contributed by atoms with Crippen molar-refractivity contribution in [3.05, 3.63) is 47.0 Å². The summed E-state index contributed by atoms with van der Waals surface area (Å²) in [7, 11) is 0. The second kappa shape index (κ2) is 6.28. The Morgan fingerprint density at radius 1 is 1.25 bits per heavy atom. The van der Waals surface area contributed by atoms with Gasteiger partial charge >= 0.3 is 0 Å². The standard InChI is InChI=1S/C19H23FN3S/c1-3-21-11-12-24-18(21)8-5-14-9-10-23-16-7-6-15(20)13-17(16)22(4-2)19(14)23/h5-8,13H,3-4,9-12H2,1-2H3/q+1. The molecule has 0 saturated carbocycles. The third-order valence-corrected chi connectivity index (χ3v) is 6.05. The molecule has 24 heavy (non-hydrogen) atoms. The molecule has 3 nitrogen and oxygen atoms in total. The Labute approximate surface area is 146 Å². The van der Waals surface area contributed by atoms with E-state index in [2.05, 4.69) is 40.0 Å². The van der Waals surface area contributed by atoms with Crippen LogP contribution in [0.15, 0.2) is 35.4 Å². The number of rotatable bonds is 3. The quantitative estimate of drug-likeness (QED) is 0.786. The fraction of sp³-hybridized carbons (Fsp3) is 0.421. The van der Waals surface area contributed by atoms with E-state index in [0.29, 0.717) is 0 Å². The summed E-state index contributed by atoms with van der Waals surface area (Å²) in [5, 5.41) is 1.37. The topological polar surface area (TPSA) is 12.1 Å². The molecule has 2 aliphatic rings. The molecular weight excluding hydrogens is 321 g/mol. The number of nitrogens with zero attached hydrogens (tertiary/aromatic N) is 3. The molecule has 1 aromatic carbocycles. The second-order valence-electron chi connectivity index (χ2n) is 6.23. The number of aryl methyl sites for hydroxylation is 2. The molecule has 0 unspecified atom stereocenters. The first kappa shape index (κ1) is 15.8. The maximum absolute atomic E-state index is 13.7. The first-order chi connectivity index (χ1) is 11.7. The molecule has 3 heterocycles. The van der Waals surface area contributed by atoms with Gasteiger partial charge in [0.15, 0.2) is 11.0 Å². The van der Waals surface area contributed by atoms with Gasteiger partial charge in [-0.3, -0.25) is 0 Å². The van der Waals surface area contributed by atoms with Crippen molar-refractivity contribution in [1.82, 2.24) is 9.47 Å². The molecule has 1 fully saturated rings. The lowest BCUT2D eigenvalue weighted by molar-refractivity contribution is -0.670. The Hall–Kier alpha value is -1.75. The summed E-state index contributed by atoms with van der Waals surface area (Å²) >= 11 is 1.94. The van der Waals surface area contributed by atoms with E-state index in [0.717, 1.165) is 43.6 Å². The average Bonchev–Trinajstić information content (AvgIpc) is 3.26. The van der Waals surface area contributed by atoms with Crippen LogP contribution in [0.2, 0.25) is 0 Å². The van der Waals surface area contributed by atoms with Crippen LogP contribution in [0.1, 0.15) is 26.1 Å². The molecule has 0 spiro atoms. The number of halogens is 1. The fourth-order valence-electron chi connectivity index (χ4n) is 3.81. The Balaban J connectivity index is 1.80. The number of imidazole rings is 1. The predicted octanol–water partition coefficient (Wildman–Crippen LogP) is 3.79. The largest absolute Gasteiger partial charge is 0.366 e. The summed E-state index contributed by atoms with van der Waals surface area (Å²) in [4.78, 5) is 2.43. The second-order valence-corrected chi connectivity index (χ2v) is 7.34. The summed E-state index contributed by atoms with van der Waals surface area (Å²) in [6.07, 6.45) is 5.59. The van der Waals surface area contributed by atoms with E-state index < -0.39 is 0 Å². The van der Waals surface area contributed by atoms with Crippen molar-refractivity contribution in [3.8, 4) is 0 Å². The van der Waals surface area contributed by atoms with Crippen LogP contribution in [0, 0.1) is 5.82 Å². The highest BCUT2D eigenvalue weighted by atomic mass is 32.2. The highest BCUT2D eigenvalue weighted by Gasteiger charge is 2.32. The van der Waals surface area contributed by atoms with E-state index in [1.54, 1.807) is 12.1 Å². The number of thioether (sulfide) groups is 1. The van der Waals surface area contributed by atoms with Crippen molar-refractivity contribution in [1.29, 1.82) is 0 Å². The Bertz CT molecular complexity index is 850. The van der Waals surface area contributed by atoms with Gasteiger partial charge in [-0.15, -0.1) is 11.8 Å². The molecule has 0 aliphatic carbocycles. The molecule has 0 atom stereocenters. The van der Waals surface area contributed by atoms with Gasteiger partial charge in [0.05, 0.1) is 18.1 Å². The minimum Gasteiger partial charge on any atom is -0.366 e. The zero-order valence-corrected chi connectivity index (χ0v) is 15.1. The molecule has 0 bridgehead atoms. The molecule has 0 radical (unpaired) electrons. The van der Waals surface area contributed by atoms with Gasteiger partial charge in [-0.25, -0.2) is 13.5 Å². The minimum atomic E-state index is -0.164. The van der Waals surface area contributed by atoms with Crippen LogP contribution < -0.4 is 4.57 Å². The van der Waals surface area contributed by atoms with E-state index in [9.17, 15) is 4.39 Å². The van der Waals surface area contributed by atoms with Gasteiger partial charge in [-0.1, -0.05) is 0 Å². The zero-order chi connectivity index (χ0) is 16.7. The lowest BCUT2D eigenvalue weighted by Gasteiger charge is -2.15. The molecular formula is C19H23FN3S+. The van der Waals surface area contributed by atoms with Gasteiger partial charge < -0.3 is 4.90 Å². The molecule has 1 saturated heterocycles. The monoisotopic (exact) mass is 344 g/mol. The third-order valence-electron chi connectivity index (χ3n) is 4.97. The summed E-state index contributed by atoms with van der Waals surface area (Å²) in [6.45, 7) is 8.38. The molecule has 4 rings (SSSR count). The Morgan fingerprint density at radius 3 is 2.92 bits per heavy atom. The number of allylic oxidation sites excluding steroid dienone is 3. The average molecular weight is 344 g/mol. The SMILES string of the molecule is CCN1CCSC1=CC=C1CCn2c1[n+](CC)c1cc(F)ccc12. The summed E-state index contributed by atoms with van der Waals surface area (Å²) < 4.78 is 18.3. The number of aromatic nitrogens is 2. The van der Waals surface area contributed by atoms with E-state index in [1.807, 2.05) is 17.8 Å². The Kier molecular flexibility index (Phi) is 4.12. The van der Waals surface area contributed by atoms with Gasteiger partial charge in [-0.05, 0) is 38.1 Å². The molecule has 1 aromatic heterocycles. The molecule has 0 amide bonds. The molecule has 0 N–H and O–H groups in total. The third kappa shape index (κ3) is 2.46. The van der Waals surface area contributed by atoms with Crippen molar-refractivity contribution in [3.63, 3.8) is 0 Å². The lowest BCUT2D eigenvalue weighted by Crippen LogP contribution is -2.35. The normalized spacial score (nSPS) is 20.7. The van der Waals surface area contributed by atoms with Gasteiger partial charge in [0, 0.05) is 36.9 Å². The van der Waals surface area contributed by atoms with Crippen molar-refractivity contribution >= 4 is 28.4 Å². The number of hydrogen-bond acceptors (Lipinski definition) is 2. The van der Waals surface area contributed by atoms with Gasteiger partial charge in [0.1, 0.15) is 5.82 Å². The van der Waals surface area contributed by atoms with Crippen LogP contribution in [0.25, 0.3) is 16.6 Å². The highest BCUT2D eigenvalue weighted by Crippen LogP contribution is 2.32. The number of hydrogen-bond donors (Lipinski definition) is 0. The van der Waals surface area contributed by atoms with Crippen molar-refractivity contribution < 1.29 is 8.96 Å². The molecule has 5 heteroatoms.